The maximum atomic E-state index is 12.1. The number of hydrogen-bond donors (Lipinski definition) is 1. The van der Waals surface area contributed by atoms with Gasteiger partial charge in [-0.15, -0.1) is 12.4 Å². The lowest BCUT2D eigenvalue weighted by molar-refractivity contribution is -0.130. The van der Waals surface area contributed by atoms with Crippen molar-refractivity contribution in [3.63, 3.8) is 0 Å². The van der Waals surface area contributed by atoms with E-state index in [1.165, 1.54) is 0 Å². The Kier molecular flexibility index (Phi) is 7.35. The first-order chi connectivity index (χ1) is 10.1. The van der Waals surface area contributed by atoms with Gasteiger partial charge < -0.3 is 15.4 Å². The van der Waals surface area contributed by atoms with E-state index in [2.05, 4.69) is 0 Å². The average Bonchev–Trinajstić information content (AvgIpc) is 2.92. The van der Waals surface area contributed by atoms with Crippen LogP contribution < -0.4 is 10.5 Å². The van der Waals surface area contributed by atoms with Gasteiger partial charge in [-0.2, -0.15) is 0 Å². The van der Waals surface area contributed by atoms with Gasteiger partial charge in [0.15, 0.2) is 5.78 Å². The number of rotatable bonds is 6. The van der Waals surface area contributed by atoms with E-state index in [9.17, 15) is 9.59 Å². The fraction of sp³-hybridized carbons (Fsp3) is 0.500. The first-order valence-electron chi connectivity index (χ1n) is 7.39. The predicted molar refractivity (Wildman–Crippen MR) is 87.6 cm³/mol. The molecule has 0 unspecified atom stereocenters. The van der Waals surface area contributed by atoms with Gasteiger partial charge in [-0.1, -0.05) is 0 Å². The van der Waals surface area contributed by atoms with Crippen molar-refractivity contribution in [2.24, 2.45) is 5.73 Å². The number of halogens is 1. The van der Waals surface area contributed by atoms with Gasteiger partial charge in [-0.05, 0) is 37.6 Å². The number of hydrogen-bond acceptors (Lipinski definition) is 4. The Bertz CT molecular complexity index is 505. The normalized spacial score (nSPS) is 17.0. The first kappa shape index (κ1) is 18.5. The molecule has 1 aliphatic heterocycles. The Balaban J connectivity index is 0.00000242. The van der Waals surface area contributed by atoms with Crippen molar-refractivity contribution in [1.29, 1.82) is 0 Å². The number of nitrogens with zero attached hydrogens (tertiary/aromatic N) is 1. The Morgan fingerprint density at radius 2 is 1.95 bits per heavy atom. The van der Waals surface area contributed by atoms with Gasteiger partial charge in [0.2, 0.25) is 5.91 Å². The molecule has 2 rings (SSSR count). The van der Waals surface area contributed by atoms with Crippen LogP contribution in [0.25, 0.3) is 0 Å². The molecular weight excluding hydrogens is 304 g/mol. The Morgan fingerprint density at radius 1 is 1.27 bits per heavy atom. The molecule has 1 aliphatic rings. The van der Waals surface area contributed by atoms with Crippen molar-refractivity contribution in [2.45, 2.75) is 32.2 Å². The molecule has 5 nitrogen and oxygen atoms in total. The van der Waals surface area contributed by atoms with Crippen LogP contribution in [-0.2, 0) is 4.79 Å². The Morgan fingerprint density at radius 3 is 2.50 bits per heavy atom. The smallest absolute Gasteiger partial charge is 0.223 e. The summed E-state index contributed by atoms with van der Waals surface area (Å²) >= 11 is 0. The minimum atomic E-state index is -0.0186. The molecule has 1 fully saturated rings. The molecule has 2 N–H and O–H groups in total. The molecule has 122 valence electrons. The highest BCUT2D eigenvalue weighted by Crippen LogP contribution is 2.15. The van der Waals surface area contributed by atoms with E-state index < -0.39 is 0 Å². The second-order valence-electron chi connectivity index (χ2n) is 5.27. The van der Waals surface area contributed by atoms with E-state index in [1.807, 2.05) is 6.92 Å². The highest BCUT2D eigenvalue weighted by Gasteiger charge is 2.23. The van der Waals surface area contributed by atoms with Crippen LogP contribution in [-0.4, -0.2) is 42.3 Å². The molecule has 0 bridgehead atoms. The van der Waals surface area contributed by atoms with Crippen LogP contribution in [0.3, 0.4) is 0 Å². The van der Waals surface area contributed by atoms with Gasteiger partial charge in [0.25, 0.3) is 0 Å². The van der Waals surface area contributed by atoms with Crippen molar-refractivity contribution >= 4 is 24.1 Å². The third kappa shape index (κ3) is 5.00. The summed E-state index contributed by atoms with van der Waals surface area (Å²) in [4.78, 5) is 25.8. The van der Waals surface area contributed by atoms with Crippen molar-refractivity contribution in [3.05, 3.63) is 29.8 Å². The molecule has 1 aromatic rings. The number of Topliss-reactive ketones (excluding diaryl/α,β-unsaturated/α-hetero) is 1. The van der Waals surface area contributed by atoms with Crippen molar-refractivity contribution in [2.75, 3.05) is 19.7 Å². The zero-order chi connectivity index (χ0) is 15.2. The summed E-state index contributed by atoms with van der Waals surface area (Å²) in [6.07, 6.45) is 1.33. The van der Waals surface area contributed by atoms with Crippen LogP contribution in [0.15, 0.2) is 24.3 Å². The maximum Gasteiger partial charge on any atom is 0.223 e. The fourth-order valence-corrected chi connectivity index (χ4v) is 2.44. The van der Waals surface area contributed by atoms with Crippen LogP contribution >= 0.6 is 12.4 Å². The zero-order valence-electron chi connectivity index (χ0n) is 12.8. The van der Waals surface area contributed by atoms with E-state index in [1.54, 1.807) is 29.2 Å². The summed E-state index contributed by atoms with van der Waals surface area (Å²) in [5.74, 6) is 0.744. The van der Waals surface area contributed by atoms with Crippen molar-refractivity contribution in [3.8, 4) is 5.75 Å². The minimum Gasteiger partial charge on any atom is -0.494 e. The molecule has 0 spiro atoms. The first-order valence-corrected chi connectivity index (χ1v) is 7.39. The molecule has 0 radical (unpaired) electrons. The third-order valence-electron chi connectivity index (χ3n) is 3.63. The highest BCUT2D eigenvalue weighted by molar-refractivity contribution is 5.98. The molecule has 1 aromatic carbocycles. The van der Waals surface area contributed by atoms with E-state index in [0.717, 1.165) is 12.2 Å². The molecule has 6 heteroatoms. The predicted octanol–water partition coefficient (Wildman–Crippen LogP) is 2.03. The molecule has 1 amide bonds. The van der Waals surface area contributed by atoms with Gasteiger partial charge in [0.1, 0.15) is 5.75 Å². The summed E-state index contributed by atoms with van der Waals surface area (Å²) in [7, 11) is 0. The van der Waals surface area contributed by atoms with Gasteiger partial charge >= 0.3 is 0 Å². The highest BCUT2D eigenvalue weighted by atomic mass is 35.5. The van der Waals surface area contributed by atoms with Gasteiger partial charge in [0.05, 0.1) is 6.61 Å². The second-order valence-corrected chi connectivity index (χ2v) is 5.27. The number of amides is 1. The molecule has 0 saturated carbocycles. The molecule has 1 atom stereocenters. The van der Waals surface area contributed by atoms with E-state index in [4.69, 9.17) is 10.5 Å². The summed E-state index contributed by atoms with van der Waals surface area (Å²) < 4.78 is 5.33. The molecule has 22 heavy (non-hydrogen) atoms. The van der Waals surface area contributed by atoms with Crippen LogP contribution in [0.2, 0.25) is 0 Å². The fourth-order valence-electron chi connectivity index (χ4n) is 2.44. The second kappa shape index (κ2) is 8.76. The average molecular weight is 327 g/mol. The lowest BCUT2D eigenvalue weighted by atomic mass is 10.1. The van der Waals surface area contributed by atoms with Crippen LogP contribution in [0.5, 0.6) is 5.75 Å². The minimum absolute atomic E-state index is 0. The van der Waals surface area contributed by atoms with Crippen LogP contribution in [0.1, 0.15) is 36.5 Å². The summed E-state index contributed by atoms with van der Waals surface area (Å²) in [6.45, 7) is 3.82. The lowest BCUT2D eigenvalue weighted by Crippen LogP contribution is -2.32. The SMILES string of the molecule is CCOc1ccc(C(=O)CCC(=O)N2CC[C@@H](N)C2)cc1.Cl. The standard InChI is InChI=1S/C16H22N2O3.ClH/c1-2-21-14-5-3-12(4-6-14)15(19)7-8-16(20)18-10-9-13(17)11-18;/h3-6,13H,2,7-11,17H2,1H3;1H/t13-;/m1./s1. The molecular formula is C16H23ClN2O3. The number of carbonyl (C=O) groups excluding carboxylic acids is 2. The summed E-state index contributed by atoms with van der Waals surface area (Å²) in [6, 6.07) is 7.11. The van der Waals surface area contributed by atoms with Crippen LogP contribution in [0, 0.1) is 0 Å². The van der Waals surface area contributed by atoms with Gasteiger partial charge in [-0.3, -0.25) is 9.59 Å². The number of nitrogens with two attached hydrogens (primary N) is 1. The topological polar surface area (TPSA) is 72.6 Å². The summed E-state index contributed by atoms with van der Waals surface area (Å²) in [5, 5.41) is 0. The number of ether oxygens (including phenoxy) is 1. The van der Waals surface area contributed by atoms with Gasteiger partial charge in [0, 0.05) is 37.5 Å². The number of ketones is 1. The van der Waals surface area contributed by atoms with E-state index in [-0.39, 0.29) is 43.0 Å². The quantitative estimate of drug-likeness (QED) is 0.812. The molecule has 1 saturated heterocycles. The van der Waals surface area contributed by atoms with E-state index in [0.29, 0.717) is 25.3 Å². The Labute approximate surface area is 137 Å². The monoisotopic (exact) mass is 326 g/mol. The van der Waals surface area contributed by atoms with E-state index >= 15 is 0 Å². The number of likely N-dealkylation sites (tertiary alicyclic amines) is 1. The van der Waals surface area contributed by atoms with Crippen molar-refractivity contribution in [1.82, 2.24) is 4.90 Å². The number of benzene rings is 1. The third-order valence-corrected chi connectivity index (χ3v) is 3.63. The Hall–Kier alpha value is -1.59. The zero-order valence-corrected chi connectivity index (χ0v) is 13.6. The maximum absolute atomic E-state index is 12.1. The molecule has 1 heterocycles. The summed E-state index contributed by atoms with van der Waals surface area (Å²) in [5.41, 5.74) is 6.39. The van der Waals surface area contributed by atoms with Crippen molar-refractivity contribution < 1.29 is 14.3 Å². The van der Waals surface area contributed by atoms with Gasteiger partial charge in [-0.25, -0.2) is 0 Å². The largest absolute Gasteiger partial charge is 0.494 e. The lowest BCUT2D eigenvalue weighted by Gasteiger charge is -2.15. The number of carbonyl (C=O) groups is 2. The molecule has 0 aromatic heterocycles. The van der Waals surface area contributed by atoms with Crippen LogP contribution in [0.4, 0.5) is 0 Å². The molecule has 0 aliphatic carbocycles.